The normalized spacial score (nSPS) is 27.3. The van der Waals surface area contributed by atoms with Crippen LogP contribution < -0.4 is 70.3 Å². The molecule has 3 aliphatic rings. The SMILES string of the molecule is [C-]#[N+]C[C@@H](O)[C@@H]1NC(=O)[C@H]([C@H](O)Cc2ccc(OCc3ccccc3)c(OSOO[O-])c2)NC(=O)[C@@H]2C[C@@H](O)CN2C(=O)[C@H]([C@@H](C)O)NC(=O)C(NC(=O)OC(C)(C)C)C[C@@H](O)CNC(=O)[C@@H]2[C@@H](O)[C@@H](C)CN2C1=O.[Na+]. The Morgan fingerprint density at radius 1 is 0.842 bits per heavy atom. The van der Waals surface area contributed by atoms with Crippen molar-refractivity contribution in [2.45, 2.75) is 139 Å². The second-order valence-corrected chi connectivity index (χ2v) is 19.8. The quantitative estimate of drug-likeness (QED) is 0.0209. The van der Waals surface area contributed by atoms with E-state index in [4.69, 9.17) is 20.2 Å². The van der Waals surface area contributed by atoms with Crippen molar-refractivity contribution in [2.75, 3.05) is 26.2 Å². The molecule has 2 aromatic carbocycles. The maximum Gasteiger partial charge on any atom is 1.00 e. The van der Waals surface area contributed by atoms with Crippen LogP contribution in [0.25, 0.3) is 4.85 Å². The molecule has 11 N–H and O–H groups in total. The fraction of sp³-hybridized carbons (Fsp3) is 0.574. The molecule has 0 radical (unpaired) electrons. The van der Waals surface area contributed by atoms with Crippen molar-refractivity contribution in [3.8, 4) is 11.5 Å². The summed E-state index contributed by atoms with van der Waals surface area (Å²) >= 11 is 0.108. The summed E-state index contributed by atoms with van der Waals surface area (Å²) < 4.78 is 20.9. The molecule has 76 heavy (non-hydrogen) atoms. The third-order valence-electron chi connectivity index (χ3n) is 12.3. The molecular weight excluding hydrogens is 1040 g/mol. The van der Waals surface area contributed by atoms with Gasteiger partial charge in [-0.05, 0) is 51.0 Å². The van der Waals surface area contributed by atoms with Gasteiger partial charge in [-0.25, -0.2) is 11.4 Å². The van der Waals surface area contributed by atoms with Crippen LogP contribution in [-0.4, -0.2) is 187 Å². The van der Waals surface area contributed by atoms with Crippen LogP contribution in [0.5, 0.6) is 11.5 Å². The van der Waals surface area contributed by atoms with E-state index in [-0.39, 0.29) is 72.1 Å². The van der Waals surface area contributed by atoms with Crippen molar-refractivity contribution in [2.24, 2.45) is 5.92 Å². The van der Waals surface area contributed by atoms with Gasteiger partial charge in [0, 0.05) is 44.8 Å². The van der Waals surface area contributed by atoms with Crippen molar-refractivity contribution in [3.05, 3.63) is 71.1 Å². The number of amides is 7. The van der Waals surface area contributed by atoms with Crippen LogP contribution in [0.4, 0.5) is 4.79 Å². The van der Waals surface area contributed by atoms with Gasteiger partial charge in [0.05, 0.1) is 30.5 Å². The molecule has 3 heterocycles. The number of hydrogen-bond donors (Lipinski definition) is 11. The summed E-state index contributed by atoms with van der Waals surface area (Å²) in [4.78, 5) is 104. The van der Waals surface area contributed by atoms with Gasteiger partial charge < -0.3 is 90.8 Å². The molecule has 0 bridgehead atoms. The van der Waals surface area contributed by atoms with Crippen molar-refractivity contribution >= 4 is 53.9 Å². The largest absolute Gasteiger partial charge is 1.00 e. The molecule has 13 atom stereocenters. The number of aliphatic hydroxyl groups is 6. The number of nitrogens with one attached hydrogen (secondary N) is 5. The Bertz CT molecular complexity index is 2380. The molecule has 3 fully saturated rings. The number of aliphatic hydroxyl groups excluding tert-OH is 6. The second kappa shape index (κ2) is 28.8. The number of benzene rings is 2. The molecule has 27 nitrogen and oxygen atoms in total. The molecule has 0 aromatic heterocycles. The van der Waals surface area contributed by atoms with Gasteiger partial charge in [0.2, 0.25) is 42.0 Å². The van der Waals surface area contributed by atoms with Crippen molar-refractivity contribution < 1.29 is 122 Å². The van der Waals surface area contributed by atoms with E-state index in [0.29, 0.717) is 0 Å². The van der Waals surface area contributed by atoms with Crippen molar-refractivity contribution in [1.29, 1.82) is 0 Å². The molecule has 5 rings (SSSR count). The minimum absolute atomic E-state index is 0. The van der Waals surface area contributed by atoms with Crippen LogP contribution in [0, 0.1) is 12.5 Å². The number of nitrogens with zero attached hydrogens (tertiary/aromatic N) is 3. The van der Waals surface area contributed by atoms with Gasteiger partial charge in [0.15, 0.2) is 17.6 Å². The van der Waals surface area contributed by atoms with Crippen LogP contribution in [0.2, 0.25) is 0 Å². The van der Waals surface area contributed by atoms with Gasteiger partial charge in [0.25, 0.3) is 12.3 Å². The first-order valence-corrected chi connectivity index (χ1v) is 24.4. The average Bonchev–Trinajstić information content (AvgIpc) is 3.89. The van der Waals surface area contributed by atoms with Crippen LogP contribution in [-0.2, 0) is 55.9 Å². The topological polar surface area (TPSA) is 381 Å². The Balaban J connectivity index is 0.0000125. The monoisotopic (exact) mass is 1100 g/mol. The molecule has 7 amide bonds. The molecule has 412 valence electrons. The molecule has 3 saturated heterocycles. The fourth-order valence-corrected chi connectivity index (χ4v) is 8.84. The summed E-state index contributed by atoms with van der Waals surface area (Å²) in [7, 11) is 0. The zero-order chi connectivity index (χ0) is 55.3. The van der Waals surface area contributed by atoms with Crippen LogP contribution in [0.15, 0.2) is 48.5 Å². The third-order valence-corrected chi connectivity index (χ3v) is 12.6. The Morgan fingerprint density at radius 2 is 1.50 bits per heavy atom. The molecule has 29 heteroatoms. The Labute approximate surface area is 463 Å². The van der Waals surface area contributed by atoms with E-state index in [2.05, 4.69) is 40.8 Å². The maximum atomic E-state index is 14.6. The van der Waals surface area contributed by atoms with Gasteiger partial charge in [-0.15, -0.1) is 4.33 Å². The maximum absolute atomic E-state index is 14.6. The summed E-state index contributed by atoms with van der Waals surface area (Å²) in [5.41, 5.74) is -0.141. The van der Waals surface area contributed by atoms with Crippen molar-refractivity contribution in [1.82, 2.24) is 36.4 Å². The van der Waals surface area contributed by atoms with E-state index in [1.165, 1.54) is 45.9 Å². The number of hydrogen-bond acceptors (Lipinski definition) is 20. The number of fused-ring (bicyclic) bond motifs is 2. The zero-order valence-electron chi connectivity index (χ0n) is 42.5. The van der Waals surface area contributed by atoms with E-state index in [1.54, 1.807) is 30.3 Å². The number of carbonyl (C=O) groups is 7. The standard InChI is InChI=1S/C47H64N8O19S.Na/c1-23-20-55-38(39(23)61)43(65)49-18-27(57)16-29(50-46(68)71-47(3,4)5)40(62)51-35(24(2)56)44(66)54-21-28(58)17-30(54)41(63)52-36(42(64)53-37(45(55)67)32(60)19-48-6)31(59)14-26-12-13-33(34(15-26)72-75-74-73-69)70-22-25-10-8-7-9-11-25;/h7-13,15,23-24,27-32,35-39,56-61,69H,14,16-22H2,1-5H3,(H,49,65)(H,50,68)(H,51,62)(H,52,63)(H,53,64);/q;+1/p-1/t23-,24+,27+,28+,29?,30-,31+,32+,35-,36-,37-,38-,39-;/m0./s1. The number of alkyl carbamates (subject to hydrolysis) is 1. The number of ether oxygens (including phenoxy) is 2. The third kappa shape index (κ3) is 17.3. The predicted molar refractivity (Wildman–Crippen MR) is 256 cm³/mol. The Hall–Kier alpha value is -5.39. The van der Waals surface area contributed by atoms with Crippen LogP contribution in [0.3, 0.4) is 0 Å². The Kier molecular flexibility index (Phi) is 24.0. The van der Waals surface area contributed by atoms with E-state index in [9.17, 15) is 69.5 Å². The summed E-state index contributed by atoms with van der Waals surface area (Å²) in [5, 5.41) is 93.1. The Morgan fingerprint density at radius 3 is 2.14 bits per heavy atom. The van der Waals surface area contributed by atoms with Crippen molar-refractivity contribution in [3.63, 3.8) is 0 Å². The smallest absolute Gasteiger partial charge is 0.691 e. The van der Waals surface area contributed by atoms with Crippen LogP contribution in [0.1, 0.15) is 58.6 Å². The minimum Gasteiger partial charge on any atom is -0.691 e. The van der Waals surface area contributed by atoms with Crippen LogP contribution >= 0.6 is 12.3 Å². The zero-order valence-corrected chi connectivity index (χ0v) is 45.3. The molecular formula is C47H63N8NaO19S. The summed E-state index contributed by atoms with van der Waals surface area (Å²) in [5.74, 6) is -7.88. The number of rotatable bonds is 14. The predicted octanol–water partition coefficient (Wildman–Crippen LogP) is -6.60. The van der Waals surface area contributed by atoms with E-state index in [0.717, 1.165) is 22.3 Å². The van der Waals surface area contributed by atoms with E-state index in [1.807, 2.05) is 0 Å². The first-order chi connectivity index (χ1) is 35.4. The molecule has 0 saturated carbocycles. The molecule has 0 spiro atoms. The molecule has 3 aliphatic heterocycles. The van der Waals surface area contributed by atoms with Gasteiger partial charge in [-0.1, -0.05) is 43.3 Å². The van der Waals surface area contributed by atoms with Gasteiger partial charge in [0.1, 0.15) is 48.5 Å². The first-order valence-electron chi connectivity index (χ1n) is 23.7. The van der Waals surface area contributed by atoms with Gasteiger partial charge in [-0.2, -0.15) is 0 Å². The van der Waals surface area contributed by atoms with E-state index >= 15 is 0 Å². The summed E-state index contributed by atoms with van der Waals surface area (Å²) in [6.45, 7) is 12.3. The second-order valence-electron chi connectivity index (χ2n) is 19.4. The van der Waals surface area contributed by atoms with Gasteiger partial charge >= 0.3 is 35.7 Å². The number of β-amino-alcohol motifs (C(OH)–C–C–N with tert-alkyl or cyclic N) is 1. The summed E-state index contributed by atoms with van der Waals surface area (Å²) in [6, 6.07) is 1.84. The summed E-state index contributed by atoms with van der Waals surface area (Å²) in [6.07, 6.45) is -13.2. The first kappa shape index (κ1) is 63.1. The fourth-order valence-electron chi connectivity index (χ4n) is 8.59. The van der Waals surface area contributed by atoms with E-state index < -0.39 is 165 Å². The molecule has 2 aromatic rings. The molecule has 1 unspecified atom stereocenters. The van der Waals surface area contributed by atoms with Gasteiger partial charge in [-0.3, -0.25) is 33.8 Å². The molecule has 0 aliphatic carbocycles. The average molecular weight is 1100 g/mol. The number of carbonyl (C=O) groups excluding carboxylic acids is 7. The minimum atomic E-state index is -2.13.